The Kier molecular flexibility index (Phi) is 4.42. The van der Waals surface area contributed by atoms with Crippen molar-refractivity contribution < 1.29 is 9.84 Å². The molecule has 33 heavy (non-hydrogen) atoms. The maximum atomic E-state index is 11.5. The minimum absolute atomic E-state index is 0.113. The van der Waals surface area contributed by atoms with Crippen molar-refractivity contribution in [3.8, 4) is 17.6 Å². The normalized spacial score (nSPS) is 16.9. The van der Waals surface area contributed by atoms with Gasteiger partial charge in [-0.1, -0.05) is 12.1 Å². The van der Waals surface area contributed by atoms with E-state index >= 15 is 0 Å². The molecule has 6 rings (SSSR count). The highest BCUT2D eigenvalue weighted by molar-refractivity contribution is 6.00. The molecule has 1 saturated carbocycles. The van der Waals surface area contributed by atoms with Gasteiger partial charge in [-0.05, 0) is 31.1 Å². The summed E-state index contributed by atoms with van der Waals surface area (Å²) in [6.07, 6.45) is 5.13. The first-order chi connectivity index (χ1) is 16.1. The van der Waals surface area contributed by atoms with Crippen molar-refractivity contribution in [3.05, 3.63) is 63.0 Å². The molecule has 4 heterocycles. The Bertz CT molecular complexity index is 1580. The molecule has 0 spiro atoms. The molecule has 4 N–H and O–H groups in total. The molecule has 0 radical (unpaired) electrons. The minimum Gasteiger partial charge on any atom is -0.493 e. The molecule has 0 unspecified atom stereocenters. The van der Waals surface area contributed by atoms with Gasteiger partial charge in [0, 0.05) is 17.3 Å². The smallest absolute Gasteiger partial charge is 0.327 e. The van der Waals surface area contributed by atoms with Gasteiger partial charge < -0.3 is 20.1 Å². The fourth-order valence-electron chi connectivity index (χ4n) is 3.51. The summed E-state index contributed by atoms with van der Waals surface area (Å²) >= 11 is 0. The van der Waals surface area contributed by atoms with Crippen LogP contribution in [-0.4, -0.2) is 59.6 Å². The third-order valence-electron chi connectivity index (χ3n) is 5.23. The van der Waals surface area contributed by atoms with Gasteiger partial charge in [0.2, 0.25) is 5.88 Å². The number of aromatic hydroxyl groups is 1. The van der Waals surface area contributed by atoms with E-state index in [0.717, 1.165) is 37.3 Å². The Morgan fingerprint density at radius 2 is 2.15 bits per heavy atom. The second-order valence-corrected chi connectivity index (χ2v) is 7.77. The summed E-state index contributed by atoms with van der Waals surface area (Å²) in [5, 5.41) is 18.1. The van der Waals surface area contributed by atoms with Crippen LogP contribution < -0.4 is 26.6 Å². The maximum absolute atomic E-state index is 11.5. The standard InChI is InChI=1S/C21H19N9O3/c31-18-15(26-20(32)28-18)9-12-10-24-30-17(12)27-21(29-19(30)25-13-4-5-13)33-14-3-1-2-11(8-14)16-22-6-7-23-16/h1-3,8-10,13,31H,4-7H2,(H,22,23)(H2,26,28,32)/b12-9+,25-19?. The molecule has 0 atom stereocenters. The Labute approximate surface area is 185 Å². The second kappa shape index (κ2) is 7.58. The van der Waals surface area contributed by atoms with Crippen LogP contribution in [0.15, 0.2) is 45.2 Å². The first kappa shape index (κ1) is 19.2. The van der Waals surface area contributed by atoms with E-state index in [4.69, 9.17) is 4.74 Å². The SMILES string of the molecule is O=c1[nH]c(O)c(/C=c2\cnn3c(=NC4CC4)nc(Oc4cccc(C5=NCCN5)c4)nc23)[nH]1. The van der Waals surface area contributed by atoms with Crippen LogP contribution in [0, 0.1) is 0 Å². The van der Waals surface area contributed by atoms with Gasteiger partial charge in [0.05, 0.1) is 18.8 Å². The van der Waals surface area contributed by atoms with Crippen LogP contribution in [0.3, 0.4) is 0 Å². The number of aromatic nitrogens is 6. The fourth-order valence-corrected chi connectivity index (χ4v) is 3.51. The number of nitrogens with zero attached hydrogens (tertiary/aromatic N) is 6. The van der Waals surface area contributed by atoms with Crippen LogP contribution >= 0.6 is 0 Å². The van der Waals surface area contributed by atoms with Crippen LogP contribution in [0.4, 0.5) is 0 Å². The van der Waals surface area contributed by atoms with Crippen molar-refractivity contribution in [1.82, 2.24) is 34.9 Å². The van der Waals surface area contributed by atoms with Crippen molar-refractivity contribution in [2.45, 2.75) is 18.9 Å². The number of rotatable bonds is 5. The van der Waals surface area contributed by atoms with Crippen molar-refractivity contribution in [3.63, 3.8) is 0 Å². The maximum Gasteiger partial charge on any atom is 0.327 e. The molecule has 1 aromatic carbocycles. The molecule has 3 aromatic heterocycles. The highest BCUT2D eigenvalue weighted by Crippen LogP contribution is 2.23. The van der Waals surface area contributed by atoms with E-state index in [-0.39, 0.29) is 23.6 Å². The van der Waals surface area contributed by atoms with Crippen LogP contribution in [0.1, 0.15) is 24.1 Å². The summed E-state index contributed by atoms with van der Waals surface area (Å²) in [6, 6.07) is 7.83. The molecular formula is C21H19N9O3. The Morgan fingerprint density at radius 3 is 2.91 bits per heavy atom. The number of fused-ring (bicyclic) bond motifs is 1. The number of nitrogens with one attached hydrogen (secondary N) is 3. The predicted octanol–water partition coefficient (Wildman–Crippen LogP) is -0.401. The number of imidazole rings is 1. The van der Waals surface area contributed by atoms with E-state index in [2.05, 4.69) is 40.3 Å². The van der Waals surface area contributed by atoms with E-state index in [1.807, 2.05) is 24.3 Å². The molecule has 4 aromatic rings. The first-order valence-corrected chi connectivity index (χ1v) is 10.5. The Hall–Kier alpha value is -4.48. The summed E-state index contributed by atoms with van der Waals surface area (Å²) in [4.78, 5) is 34.4. The van der Waals surface area contributed by atoms with Gasteiger partial charge in [-0.15, -0.1) is 0 Å². The highest BCUT2D eigenvalue weighted by Gasteiger charge is 2.21. The number of hydrogen-bond acceptors (Lipinski definition) is 9. The van der Waals surface area contributed by atoms with Crippen molar-refractivity contribution in [1.29, 1.82) is 0 Å². The molecule has 12 heteroatoms. The lowest BCUT2D eigenvalue weighted by atomic mass is 10.2. The summed E-state index contributed by atoms with van der Waals surface area (Å²) in [7, 11) is 0. The van der Waals surface area contributed by atoms with Crippen LogP contribution in [0.5, 0.6) is 17.6 Å². The second-order valence-electron chi connectivity index (χ2n) is 7.77. The molecule has 0 saturated heterocycles. The first-order valence-electron chi connectivity index (χ1n) is 10.5. The Balaban J connectivity index is 1.45. The third-order valence-corrected chi connectivity index (χ3v) is 5.23. The van der Waals surface area contributed by atoms with E-state index in [1.165, 1.54) is 4.52 Å². The summed E-state index contributed by atoms with van der Waals surface area (Å²) in [5.41, 5.74) is 1.42. The van der Waals surface area contributed by atoms with Crippen LogP contribution in [-0.2, 0) is 0 Å². The highest BCUT2D eigenvalue weighted by atomic mass is 16.5. The zero-order valence-corrected chi connectivity index (χ0v) is 17.3. The zero-order chi connectivity index (χ0) is 22.4. The zero-order valence-electron chi connectivity index (χ0n) is 17.3. The minimum atomic E-state index is -0.514. The number of aromatic amines is 2. The average Bonchev–Trinajstić information content (AvgIpc) is 3.17. The van der Waals surface area contributed by atoms with Crippen molar-refractivity contribution in [2.24, 2.45) is 9.98 Å². The molecule has 1 fully saturated rings. The van der Waals surface area contributed by atoms with Gasteiger partial charge in [0.15, 0.2) is 5.65 Å². The monoisotopic (exact) mass is 445 g/mol. The van der Waals surface area contributed by atoms with Crippen LogP contribution in [0.2, 0.25) is 0 Å². The summed E-state index contributed by atoms with van der Waals surface area (Å²) in [6.45, 7) is 1.56. The number of ether oxygens (including phenoxy) is 1. The lowest BCUT2D eigenvalue weighted by Crippen LogP contribution is -2.23. The molecule has 0 amide bonds. The molecule has 1 aliphatic carbocycles. The van der Waals surface area contributed by atoms with Crippen molar-refractivity contribution >= 4 is 17.6 Å². The average molecular weight is 445 g/mol. The van der Waals surface area contributed by atoms with Gasteiger partial charge in [-0.2, -0.15) is 19.6 Å². The molecule has 166 valence electrons. The number of H-pyrrole nitrogens is 2. The number of hydrogen-bond donors (Lipinski definition) is 4. The fraction of sp³-hybridized carbons (Fsp3) is 0.238. The van der Waals surface area contributed by atoms with Crippen LogP contribution in [0.25, 0.3) is 11.7 Å². The quantitative estimate of drug-likeness (QED) is 0.325. The van der Waals surface area contributed by atoms with Gasteiger partial charge in [-0.3, -0.25) is 9.98 Å². The topological polar surface area (TPSA) is 158 Å². The largest absolute Gasteiger partial charge is 0.493 e. The number of benzene rings is 1. The molecule has 1 aliphatic heterocycles. The lowest BCUT2D eigenvalue weighted by molar-refractivity contribution is 0.435. The van der Waals surface area contributed by atoms with Gasteiger partial charge in [-0.25, -0.2) is 9.79 Å². The predicted molar refractivity (Wildman–Crippen MR) is 117 cm³/mol. The number of amidine groups is 1. The molecular weight excluding hydrogens is 426 g/mol. The van der Waals surface area contributed by atoms with Gasteiger partial charge in [0.1, 0.15) is 17.3 Å². The third kappa shape index (κ3) is 3.82. The molecule has 12 nitrogen and oxygen atoms in total. The van der Waals surface area contributed by atoms with E-state index in [0.29, 0.717) is 22.2 Å². The molecule has 2 aliphatic rings. The number of aliphatic imine (C=N–C) groups is 1. The van der Waals surface area contributed by atoms with E-state index in [9.17, 15) is 9.90 Å². The van der Waals surface area contributed by atoms with E-state index in [1.54, 1.807) is 12.3 Å². The lowest BCUT2D eigenvalue weighted by Gasteiger charge is -2.07. The van der Waals surface area contributed by atoms with Gasteiger partial charge in [0.25, 0.3) is 5.62 Å². The molecule has 0 bridgehead atoms. The van der Waals surface area contributed by atoms with E-state index < -0.39 is 5.69 Å². The summed E-state index contributed by atoms with van der Waals surface area (Å²) in [5.74, 6) is 1.12. The summed E-state index contributed by atoms with van der Waals surface area (Å²) < 4.78 is 7.52. The van der Waals surface area contributed by atoms with Gasteiger partial charge >= 0.3 is 11.7 Å². The Morgan fingerprint density at radius 1 is 1.24 bits per heavy atom. The van der Waals surface area contributed by atoms with Crippen molar-refractivity contribution in [2.75, 3.05) is 13.1 Å².